The summed E-state index contributed by atoms with van der Waals surface area (Å²) in [5.74, 6) is -0.669. The number of rotatable bonds is 11. The topological polar surface area (TPSA) is 156 Å². The van der Waals surface area contributed by atoms with Crippen molar-refractivity contribution in [2.24, 2.45) is 5.41 Å². The highest BCUT2D eigenvalue weighted by Crippen LogP contribution is 2.33. The van der Waals surface area contributed by atoms with E-state index in [2.05, 4.69) is 30.6 Å². The number of nitrogens with zero attached hydrogens (tertiary/aromatic N) is 2. The Bertz CT molecular complexity index is 1590. The van der Waals surface area contributed by atoms with Gasteiger partial charge in [-0.25, -0.2) is 18.7 Å². The van der Waals surface area contributed by atoms with Crippen molar-refractivity contribution in [2.45, 2.75) is 58.4 Å². The first-order valence-corrected chi connectivity index (χ1v) is 14.1. The third kappa shape index (κ3) is 7.37. The maximum Gasteiger partial charge on any atom is 0.255 e. The molecular weight excluding hydrogens is 570 g/mol. The monoisotopic (exact) mass is 608 g/mol. The zero-order valence-corrected chi connectivity index (χ0v) is 25.3. The van der Waals surface area contributed by atoms with Crippen LogP contribution in [0.15, 0.2) is 60.9 Å². The highest BCUT2D eigenvalue weighted by molar-refractivity contribution is 5.85. The lowest BCUT2D eigenvalue weighted by molar-refractivity contribution is -0.141. The van der Waals surface area contributed by atoms with Gasteiger partial charge in [-0.3, -0.25) is 9.59 Å². The Morgan fingerprint density at radius 1 is 0.750 bits per heavy atom. The summed E-state index contributed by atoms with van der Waals surface area (Å²) in [4.78, 5) is 39.5. The third-order valence-corrected chi connectivity index (χ3v) is 7.28. The molecule has 0 bridgehead atoms. The first-order valence-electron chi connectivity index (χ1n) is 14.1. The number of halogens is 2. The van der Waals surface area contributed by atoms with Crippen molar-refractivity contribution in [3.05, 3.63) is 72.6 Å². The van der Waals surface area contributed by atoms with Crippen LogP contribution in [-0.2, 0) is 16.1 Å². The van der Waals surface area contributed by atoms with E-state index in [1.54, 1.807) is 12.4 Å². The minimum Gasteiger partial charge on any atom is -0.378 e. The number of carbonyl (C=O) groups is 2. The van der Waals surface area contributed by atoms with Gasteiger partial charge in [0, 0.05) is 0 Å². The van der Waals surface area contributed by atoms with E-state index >= 15 is 0 Å². The Hall–Kier alpha value is -4.42. The second kappa shape index (κ2) is 12.7. The molecule has 6 N–H and O–H groups in total. The fraction of sp³-hybridized carbons (Fsp3) is 0.375. The van der Waals surface area contributed by atoms with Crippen molar-refractivity contribution in [3.63, 3.8) is 0 Å². The number of benzene rings is 2. The third-order valence-electron chi connectivity index (χ3n) is 7.28. The molecule has 2 heterocycles. The molecule has 0 aliphatic rings. The molecule has 234 valence electrons. The number of carbonyl (C=O) groups excluding carboxylic acids is 2. The van der Waals surface area contributed by atoms with Gasteiger partial charge in [-0.15, -0.1) is 0 Å². The number of hydrogen-bond acceptors (Lipinski definition) is 6. The van der Waals surface area contributed by atoms with Gasteiger partial charge in [0.15, 0.2) is 11.2 Å². The van der Waals surface area contributed by atoms with E-state index in [-0.39, 0.29) is 6.54 Å². The number of H-pyrrole nitrogens is 2. The number of hydrogen-bond donors (Lipinski definition) is 6. The smallest absolute Gasteiger partial charge is 0.255 e. The Labute approximate surface area is 254 Å². The summed E-state index contributed by atoms with van der Waals surface area (Å²) in [5, 5.41) is 24.9. The molecule has 3 unspecified atom stereocenters. The van der Waals surface area contributed by atoms with Crippen LogP contribution in [0.1, 0.15) is 52.3 Å². The standard InChI is InChI=1S/C32H38F2N6O4/c1-30(2,3)26(40-29(42)32(5,44)18-34)27-36-15-24(39-27)22-12-8-20(9-13-22)19-6-10-21(11-7-19)23-14-35-25(38-23)16-37-28(41)31(4,43)17-33/h6-15,26,43-44H,16-18H2,1-5H3,(H,35,38)(H,36,39)(H,37,41)(H,40,42). The molecule has 2 amide bonds. The fourth-order valence-electron chi connectivity index (χ4n) is 4.37. The SMILES string of the molecule is CC(O)(CF)C(=O)NCc1ncc(-c2ccc(-c3ccc(-c4cnc(C(NC(=O)C(C)(O)CF)C(C)(C)C)[nH]4)cc3)cc2)[nH]1. The van der Waals surface area contributed by atoms with Gasteiger partial charge in [0.1, 0.15) is 25.0 Å². The summed E-state index contributed by atoms with van der Waals surface area (Å²) < 4.78 is 26.0. The first-order chi connectivity index (χ1) is 20.6. The average molecular weight is 609 g/mol. The Morgan fingerprint density at radius 2 is 1.20 bits per heavy atom. The van der Waals surface area contributed by atoms with Crippen molar-refractivity contribution in [3.8, 4) is 33.6 Å². The molecule has 0 saturated carbocycles. The molecule has 0 aliphatic heterocycles. The van der Waals surface area contributed by atoms with Gasteiger partial charge in [0.25, 0.3) is 11.8 Å². The Morgan fingerprint density at radius 3 is 1.70 bits per heavy atom. The molecule has 12 heteroatoms. The van der Waals surface area contributed by atoms with E-state index in [0.717, 1.165) is 47.5 Å². The number of imidazole rings is 2. The lowest BCUT2D eigenvalue weighted by atomic mass is 9.85. The van der Waals surface area contributed by atoms with Crippen LogP contribution in [0.25, 0.3) is 33.6 Å². The van der Waals surface area contributed by atoms with Crippen LogP contribution in [-0.4, -0.2) is 66.5 Å². The molecule has 0 fully saturated rings. The van der Waals surface area contributed by atoms with Crippen molar-refractivity contribution in [1.29, 1.82) is 0 Å². The van der Waals surface area contributed by atoms with E-state index < -0.39 is 47.8 Å². The number of nitrogens with one attached hydrogen (secondary N) is 4. The van der Waals surface area contributed by atoms with Gasteiger partial charge >= 0.3 is 0 Å². The molecular formula is C32H38F2N6O4. The van der Waals surface area contributed by atoms with E-state index in [4.69, 9.17) is 0 Å². The summed E-state index contributed by atoms with van der Waals surface area (Å²) in [6.45, 7) is 5.62. The van der Waals surface area contributed by atoms with Crippen LogP contribution in [0, 0.1) is 5.41 Å². The van der Waals surface area contributed by atoms with Gasteiger partial charge in [0.2, 0.25) is 0 Å². The molecule has 0 aliphatic carbocycles. The molecule has 0 saturated heterocycles. The molecule has 3 atom stereocenters. The maximum absolute atomic E-state index is 13.2. The highest BCUT2D eigenvalue weighted by Gasteiger charge is 2.37. The van der Waals surface area contributed by atoms with Gasteiger partial charge in [-0.05, 0) is 41.5 Å². The molecule has 0 radical (unpaired) electrons. The number of aromatic amines is 2. The number of aliphatic hydroxyl groups is 2. The zero-order chi connectivity index (χ0) is 32.3. The largest absolute Gasteiger partial charge is 0.378 e. The predicted octanol–water partition coefficient (Wildman–Crippen LogP) is 4.39. The summed E-state index contributed by atoms with van der Waals surface area (Å²) in [6.07, 6.45) is 3.31. The normalized spacial score (nSPS) is 15.2. The van der Waals surface area contributed by atoms with E-state index in [1.165, 1.54) is 0 Å². The fourth-order valence-corrected chi connectivity index (χ4v) is 4.37. The molecule has 44 heavy (non-hydrogen) atoms. The van der Waals surface area contributed by atoms with Crippen LogP contribution in [0.5, 0.6) is 0 Å². The predicted molar refractivity (Wildman–Crippen MR) is 162 cm³/mol. The molecule has 2 aromatic carbocycles. The van der Waals surface area contributed by atoms with Crippen LogP contribution in [0.2, 0.25) is 0 Å². The molecule has 10 nitrogen and oxygen atoms in total. The second-order valence-corrected chi connectivity index (χ2v) is 12.4. The summed E-state index contributed by atoms with van der Waals surface area (Å²) in [5.41, 5.74) is 0.522. The minimum absolute atomic E-state index is 0.0178. The van der Waals surface area contributed by atoms with Crippen LogP contribution in [0.3, 0.4) is 0 Å². The van der Waals surface area contributed by atoms with Crippen LogP contribution < -0.4 is 10.6 Å². The first kappa shape index (κ1) is 32.5. The Kier molecular flexibility index (Phi) is 9.36. The average Bonchev–Trinajstić information content (AvgIpc) is 3.68. The quantitative estimate of drug-likeness (QED) is 0.148. The van der Waals surface area contributed by atoms with Crippen molar-refractivity contribution >= 4 is 11.8 Å². The molecule has 4 aromatic rings. The summed E-state index contributed by atoms with van der Waals surface area (Å²) in [7, 11) is 0. The van der Waals surface area contributed by atoms with Crippen molar-refractivity contribution in [1.82, 2.24) is 30.6 Å². The second-order valence-electron chi connectivity index (χ2n) is 12.4. The lowest BCUT2D eigenvalue weighted by Gasteiger charge is -2.32. The van der Waals surface area contributed by atoms with Crippen LogP contribution >= 0.6 is 0 Å². The van der Waals surface area contributed by atoms with Crippen LogP contribution in [0.4, 0.5) is 8.78 Å². The van der Waals surface area contributed by atoms with Gasteiger partial charge in [-0.1, -0.05) is 69.3 Å². The van der Waals surface area contributed by atoms with Crippen molar-refractivity contribution in [2.75, 3.05) is 13.3 Å². The summed E-state index contributed by atoms with van der Waals surface area (Å²) >= 11 is 0. The van der Waals surface area contributed by atoms with E-state index in [0.29, 0.717) is 11.6 Å². The van der Waals surface area contributed by atoms with Crippen molar-refractivity contribution < 1.29 is 28.6 Å². The number of alkyl halides is 2. The van der Waals surface area contributed by atoms with Gasteiger partial charge < -0.3 is 30.8 Å². The number of aromatic nitrogens is 4. The molecule has 2 aromatic heterocycles. The van der Waals surface area contributed by atoms with Gasteiger partial charge in [0.05, 0.1) is 36.4 Å². The summed E-state index contributed by atoms with van der Waals surface area (Å²) in [6, 6.07) is 15.1. The van der Waals surface area contributed by atoms with E-state index in [9.17, 15) is 28.6 Å². The maximum atomic E-state index is 13.2. The lowest BCUT2D eigenvalue weighted by Crippen LogP contribution is -2.49. The number of amides is 2. The minimum atomic E-state index is -2.13. The van der Waals surface area contributed by atoms with E-state index in [1.807, 2.05) is 69.3 Å². The Balaban J connectivity index is 1.44. The van der Waals surface area contributed by atoms with Gasteiger partial charge in [-0.2, -0.15) is 0 Å². The molecule has 4 rings (SSSR count). The highest BCUT2D eigenvalue weighted by atomic mass is 19.1. The molecule has 0 spiro atoms. The zero-order valence-electron chi connectivity index (χ0n) is 25.3.